The lowest BCUT2D eigenvalue weighted by atomic mass is 10.2. The van der Waals surface area contributed by atoms with E-state index in [0.29, 0.717) is 27.5 Å². The third kappa shape index (κ3) is 5.60. The first kappa shape index (κ1) is 17.2. The monoisotopic (exact) mass is 326 g/mol. The van der Waals surface area contributed by atoms with Crippen LogP contribution in [0.5, 0.6) is 0 Å². The van der Waals surface area contributed by atoms with E-state index in [0.717, 1.165) is 0 Å². The Balaban J connectivity index is 3.20. The zero-order valence-electron chi connectivity index (χ0n) is 12.2. The van der Waals surface area contributed by atoms with Gasteiger partial charge in [0.1, 0.15) is 11.4 Å². The molecule has 10 heteroatoms. The van der Waals surface area contributed by atoms with Gasteiger partial charge in [0.15, 0.2) is 10.3 Å². The average Bonchev–Trinajstić information content (AvgIpc) is 2.90. The van der Waals surface area contributed by atoms with Gasteiger partial charge in [0, 0.05) is 27.3 Å². The van der Waals surface area contributed by atoms with Crippen molar-refractivity contribution < 1.29 is 0 Å². The van der Waals surface area contributed by atoms with Crippen molar-refractivity contribution in [2.75, 3.05) is 14.1 Å². The number of imidazole rings is 1. The Morgan fingerprint density at radius 2 is 1.67 bits per heavy atom. The Labute approximate surface area is 134 Å². The second-order valence-corrected chi connectivity index (χ2v) is 4.75. The number of rotatable bonds is 4. The molecule has 1 aromatic heterocycles. The van der Waals surface area contributed by atoms with Crippen molar-refractivity contribution in [3.8, 4) is 0 Å². The van der Waals surface area contributed by atoms with Crippen LogP contribution in [0.1, 0.15) is 12.6 Å². The highest BCUT2D eigenvalue weighted by Gasteiger charge is 2.11. The molecule has 8 nitrogen and oxygen atoms in total. The van der Waals surface area contributed by atoms with Gasteiger partial charge in [0.2, 0.25) is 0 Å². The van der Waals surface area contributed by atoms with Crippen LogP contribution in [0, 0.1) is 0 Å². The summed E-state index contributed by atoms with van der Waals surface area (Å²) in [7, 11) is 5.27. The van der Waals surface area contributed by atoms with Crippen LogP contribution in [0.2, 0.25) is 0 Å². The maximum absolute atomic E-state index is 4.24. The summed E-state index contributed by atoms with van der Waals surface area (Å²) in [6.45, 7) is 1.76. The molecule has 21 heavy (non-hydrogen) atoms. The van der Waals surface area contributed by atoms with Crippen LogP contribution < -0.4 is 10.6 Å². The summed E-state index contributed by atoms with van der Waals surface area (Å²) < 4.78 is 1.81. The van der Waals surface area contributed by atoms with Gasteiger partial charge in [-0.3, -0.25) is 0 Å². The van der Waals surface area contributed by atoms with Gasteiger partial charge in [-0.25, -0.2) is 4.98 Å². The molecular formula is C11H18N8S2. The number of amidine groups is 2. The van der Waals surface area contributed by atoms with Gasteiger partial charge < -0.3 is 15.2 Å². The van der Waals surface area contributed by atoms with E-state index < -0.39 is 0 Å². The number of aromatic nitrogens is 2. The highest BCUT2D eigenvalue weighted by Crippen LogP contribution is 2.02. The number of aryl methyl sites for hydroxylation is 1. The SMILES string of the molecule is CN/C(S)=N/N=C(C)/C(=N/N=C(\S)NC)c1cn(C)cn1. The van der Waals surface area contributed by atoms with Crippen molar-refractivity contribution in [1.82, 2.24) is 20.2 Å². The van der Waals surface area contributed by atoms with Crippen molar-refractivity contribution in [1.29, 1.82) is 0 Å². The Kier molecular flexibility index (Phi) is 6.96. The number of thiol groups is 2. The summed E-state index contributed by atoms with van der Waals surface area (Å²) >= 11 is 8.19. The van der Waals surface area contributed by atoms with Crippen LogP contribution in [-0.2, 0) is 7.05 Å². The fourth-order valence-corrected chi connectivity index (χ4v) is 1.30. The summed E-state index contributed by atoms with van der Waals surface area (Å²) in [5.41, 5.74) is 1.69. The molecule has 0 saturated carbocycles. The van der Waals surface area contributed by atoms with E-state index in [1.54, 1.807) is 27.3 Å². The predicted octanol–water partition coefficient (Wildman–Crippen LogP) is 0.510. The second-order valence-electron chi connectivity index (χ2n) is 3.91. The maximum Gasteiger partial charge on any atom is 0.179 e. The van der Waals surface area contributed by atoms with Crippen molar-refractivity contribution in [3.05, 3.63) is 18.2 Å². The van der Waals surface area contributed by atoms with E-state index in [9.17, 15) is 0 Å². The molecular weight excluding hydrogens is 308 g/mol. The van der Waals surface area contributed by atoms with Gasteiger partial charge in [-0.1, -0.05) is 0 Å². The Hall–Kier alpha value is -1.81. The second kappa shape index (κ2) is 8.47. The molecule has 0 radical (unpaired) electrons. The van der Waals surface area contributed by atoms with Crippen LogP contribution >= 0.6 is 25.3 Å². The number of nitrogens with one attached hydrogen (secondary N) is 2. The topological polar surface area (TPSA) is 91.3 Å². The van der Waals surface area contributed by atoms with Gasteiger partial charge in [-0.15, -0.1) is 40.6 Å². The van der Waals surface area contributed by atoms with Crippen LogP contribution in [0.4, 0.5) is 0 Å². The molecule has 0 amide bonds. The minimum Gasteiger partial charge on any atom is -0.366 e. The predicted molar refractivity (Wildman–Crippen MR) is 93.8 cm³/mol. The molecule has 0 unspecified atom stereocenters. The molecule has 0 saturated heterocycles. The van der Waals surface area contributed by atoms with E-state index in [-0.39, 0.29) is 0 Å². The van der Waals surface area contributed by atoms with Gasteiger partial charge in [0.05, 0.1) is 12.0 Å². The van der Waals surface area contributed by atoms with Gasteiger partial charge in [0.25, 0.3) is 0 Å². The Bertz CT molecular complexity index is 599. The quantitative estimate of drug-likeness (QED) is 0.281. The molecule has 1 rings (SSSR count). The molecule has 1 heterocycles. The van der Waals surface area contributed by atoms with Crippen molar-refractivity contribution in [3.63, 3.8) is 0 Å². The first-order valence-corrected chi connectivity index (χ1v) is 6.87. The zero-order valence-corrected chi connectivity index (χ0v) is 14.0. The van der Waals surface area contributed by atoms with Crippen molar-refractivity contribution in [2.45, 2.75) is 6.92 Å². The minimum atomic E-state index is 0.379. The lowest BCUT2D eigenvalue weighted by Crippen LogP contribution is -2.15. The average molecular weight is 326 g/mol. The highest BCUT2D eigenvalue weighted by molar-refractivity contribution is 7.97. The van der Waals surface area contributed by atoms with E-state index in [4.69, 9.17) is 0 Å². The Morgan fingerprint density at radius 1 is 1.10 bits per heavy atom. The first-order chi connectivity index (χ1) is 9.97. The lowest BCUT2D eigenvalue weighted by Gasteiger charge is -2.01. The number of hydrogen-bond acceptors (Lipinski definition) is 5. The van der Waals surface area contributed by atoms with Crippen molar-refractivity contribution >= 4 is 47.0 Å². The molecule has 0 aliphatic carbocycles. The fraction of sp³-hybridized carbons (Fsp3) is 0.364. The highest BCUT2D eigenvalue weighted by atomic mass is 32.1. The van der Waals surface area contributed by atoms with E-state index in [1.165, 1.54) is 0 Å². The van der Waals surface area contributed by atoms with Crippen LogP contribution in [0.3, 0.4) is 0 Å². The van der Waals surface area contributed by atoms with Crippen LogP contribution in [0.15, 0.2) is 32.9 Å². The molecule has 0 aromatic carbocycles. The third-order valence-corrected chi connectivity index (χ3v) is 2.90. The summed E-state index contributed by atoms with van der Waals surface area (Å²) in [5.74, 6) is 0. The van der Waals surface area contributed by atoms with Gasteiger partial charge >= 0.3 is 0 Å². The molecule has 0 aliphatic rings. The lowest BCUT2D eigenvalue weighted by molar-refractivity contribution is 0.913. The maximum atomic E-state index is 4.24. The normalized spacial score (nSPS) is 14.4. The van der Waals surface area contributed by atoms with E-state index in [1.807, 2.05) is 17.8 Å². The van der Waals surface area contributed by atoms with Gasteiger partial charge in [-0.05, 0) is 6.92 Å². The number of nitrogens with zero attached hydrogens (tertiary/aromatic N) is 6. The largest absolute Gasteiger partial charge is 0.366 e. The third-order valence-electron chi connectivity index (χ3n) is 2.28. The smallest absolute Gasteiger partial charge is 0.179 e. The molecule has 0 bridgehead atoms. The summed E-state index contributed by atoms with van der Waals surface area (Å²) in [4.78, 5) is 4.24. The molecule has 0 spiro atoms. The summed E-state index contributed by atoms with van der Waals surface area (Å²) in [5, 5.41) is 22.3. The molecule has 0 aliphatic heterocycles. The fourth-order valence-electron chi connectivity index (χ4n) is 1.21. The molecule has 0 atom stereocenters. The van der Waals surface area contributed by atoms with Crippen LogP contribution in [0.25, 0.3) is 0 Å². The molecule has 0 fully saturated rings. The van der Waals surface area contributed by atoms with E-state index >= 15 is 0 Å². The number of hydrogen-bond donors (Lipinski definition) is 4. The molecule has 1 aromatic rings. The molecule has 2 N–H and O–H groups in total. The van der Waals surface area contributed by atoms with E-state index in [2.05, 4.69) is 61.3 Å². The minimum absolute atomic E-state index is 0.379. The standard InChI is InChI=1S/C11H18N8S2/c1-7(15-17-10(20)12-2)9(16-18-11(21)13-3)8-5-19(4)6-14-8/h5-6H,1-4H3,(H2,12,17,20)(H2,13,18,21)/b15-7+,16-9-. The Morgan fingerprint density at radius 3 is 2.14 bits per heavy atom. The van der Waals surface area contributed by atoms with Crippen molar-refractivity contribution in [2.24, 2.45) is 27.5 Å². The summed E-state index contributed by atoms with van der Waals surface area (Å²) in [6, 6.07) is 0. The van der Waals surface area contributed by atoms with Crippen LogP contribution in [-0.4, -0.2) is 45.4 Å². The summed E-state index contributed by atoms with van der Waals surface area (Å²) in [6.07, 6.45) is 3.48. The first-order valence-electron chi connectivity index (χ1n) is 5.98. The zero-order chi connectivity index (χ0) is 15.8. The van der Waals surface area contributed by atoms with Gasteiger partial charge in [-0.2, -0.15) is 5.10 Å². The molecule has 114 valence electrons.